The Bertz CT molecular complexity index is 289. The molecule has 0 aliphatic carbocycles. The molecule has 0 aliphatic rings. The fourth-order valence-electron chi connectivity index (χ4n) is 1.03. The Morgan fingerprint density at radius 1 is 1.57 bits per heavy atom. The minimum absolute atomic E-state index is 0.0660. The summed E-state index contributed by atoms with van der Waals surface area (Å²) in [5.41, 5.74) is 0. The SMILES string of the molecule is CC(CNc1ncccn1)CC(=O)O. The number of carboxylic acids is 1. The van der Waals surface area contributed by atoms with E-state index in [1.165, 1.54) is 0 Å². The highest BCUT2D eigenvalue weighted by molar-refractivity contribution is 5.67. The summed E-state index contributed by atoms with van der Waals surface area (Å²) in [4.78, 5) is 18.3. The maximum Gasteiger partial charge on any atom is 0.303 e. The van der Waals surface area contributed by atoms with E-state index in [9.17, 15) is 4.79 Å². The van der Waals surface area contributed by atoms with Crippen molar-refractivity contribution >= 4 is 11.9 Å². The average molecular weight is 195 g/mol. The third-order valence-corrected chi connectivity index (χ3v) is 1.70. The molecule has 76 valence electrons. The number of carboxylic acid groups (broad SMARTS) is 1. The number of rotatable bonds is 5. The van der Waals surface area contributed by atoms with Crippen LogP contribution in [0.1, 0.15) is 13.3 Å². The van der Waals surface area contributed by atoms with Crippen molar-refractivity contribution in [2.75, 3.05) is 11.9 Å². The molecule has 0 amide bonds. The van der Waals surface area contributed by atoms with E-state index < -0.39 is 5.97 Å². The molecule has 0 aliphatic heterocycles. The van der Waals surface area contributed by atoms with E-state index in [4.69, 9.17) is 5.11 Å². The van der Waals surface area contributed by atoms with Gasteiger partial charge in [-0.2, -0.15) is 0 Å². The van der Waals surface area contributed by atoms with Crippen LogP contribution >= 0.6 is 0 Å². The van der Waals surface area contributed by atoms with Crippen LogP contribution in [-0.4, -0.2) is 27.6 Å². The quantitative estimate of drug-likeness (QED) is 0.733. The summed E-state index contributed by atoms with van der Waals surface area (Å²) in [7, 11) is 0. The van der Waals surface area contributed by atoms with E-state index >= 15 is 0 Å². The Morgan fingerprint density at radius 3 is 2.79 bits per heavy atom. The van der Waals surface area contributed by atoms with Gasteiger partial charge in [0.15, 0.2) is 0 Å². The number of hydrogen-bond acceptors (Lipinski definition) is 4. The van der Waals surface area contributed by atoms with E-state index in [0.29, 0.717) is 12.5 Å². The molecule has 1 aromatic heterocycles. The van der Waals surface area contributed by atoms with Crippen LogP contribution in [0.2, 0.25) is 0 Å². The Morgan fingerprint density at radius 2 is 2.21 bits per heavy atom. The lowest BCUT2D eigenvalue weighted by Crippen LogP contribution is -2.16. The molecule has 0 bridgehead atoms. The van der Waals surface area contributed by atoms with Gasteiger partial charge in [-0.3, -0.25) is 4.79 Å². The van der Waals surface area contributed by atoms with E-state index in [1.807, 2.05) is 6.92 Å². The molecule has 1 atom stereocenters. The first-order chi connectivity index (χ1) is 6.68. The molecule has 5 heteroatoms. The predicted octanol–water partition coefficient (Wildman–Crippen LogP) is 0.999. The molecule has 0 radical (unpaired) electrons. The van der Waals surface area contributed by atoms with Gasteiger partial charge < -0.3 is 10.4 Å². The van der Waals surface area contributed by atoms with E-state index in [-0.39, 0.29) is 12.3 Å². The van der Waals surface area contributed by atoms with Gasteiger partial charge in [0.25, 0.3) is 0 Å². The van der Waals surface area contributed by atoms with Gasteiger partial charge in [-0.15, -0.1) is 0 Å². The van der Waals surface area contributed by atoms with Gasteiger partial charge in [-0.05, 0) is 12.0 Å². The second-order valence-corrected chi connectivity index (χ2v) is 3.16. The molecule has 0 fully saturated rings. The highest BCUT2D eigenvalue weighted by Gasteiger charge is 2.07. The molecule has 1 unspecified atom stereocenters. The van der Waals surface area contributed by atoms with Gasteiger partial charge in [0.05, 0.1) is 0 Å². The number of aliphatic carboxylic acids is 1. The van der Waals surface area contributed by atoms with Crippen LogP contribution in [0, 0.1) is 5.92 Å². The van der Waals surface area contributed by atoms with Gasteiger partial charge in [-0.1, -0.05) is 6.92 Å². The summed E-state index contributed by atoms with van der Waals surface area (Å²) in [6, 6.07) is 1.73. The van der Waals surface area contributed by atoms with Crippen molar-refractivity contribution < 1.29 is 9.90 Å². The first kappa shape index (κ1) is 10.4. The number of anilines is 1. The summed E-state index contributed by atoms with van der Waals surface area (Å²) >= 11 is 0. The molecule has 0 spiro atoms. The Balaban J connectivity index is 2.30. The van der Waals surface area contributed by atoms with Crippen LogP contribution in [0.3, 0.4) is 0 Å². The molecule has 2 N–H and O–H groups in total. The first-order valence-electron chi connectivity index (χ1n) is 4.41. The van der Waals surface area contributed by atoms with Gasteiger partial charge in [0.2, 0.25) is 5.95 Å². The molecule has 5 nitrogen and oxygen atoms in total. The van der Waals surface area contributed by atoms with Crippen LogP contribution in [0.5, 0.6) is 0 Å². The lowest BCUT2D eigenvalue weighted by Gasteiger charge is -2.09. The second-order valence-electron chi connectivity index (χ2n) is 3.16. The zero-order valence-electron chi connectivity index (χ0n) is 7.97. The van der Waals surface area contributed by atoms with Crippen molar-refractivity contribution in [2.45, 2.75) is 13.3 Å². The topological polar surface area (TPSA) is 75.1 Å². The largest absolute Gasteiger partial charge is 0.481 e. The monoisotopic (exact) mass is 195 g/mol. The maximum absolute atomic E-state index is 10.4. The van der Waals surface area contributed by atoms with E-state index in [2.05, 4.69) is 15.3 Å². The smallest absolute Gasteiger partial charge is 0.303 e. The zero-order valence-corrected chi connectivity index (χ0v) is 7.97. The molecule has 0 saturated heterocycles. The molecule has 1 heterocycles. The Labute approximate surface area is 82.2 Å². The standard InChI is InChI=1S/C9H13N3O2/c1-7(5-8(13)14)6-12-9-10-3-2-4-11-9/h2-4,7H,5-6H2,1H3,(H,13,14)(H,10,11,12). The van der Waals surface area contributed by atoms with Crippen molar-refractivity contribution in [1.82, 2.24) is 9.97 Å². The van der Waals surface area contributed by atoms with Crippen LogP contribution in [0.25, 0.3) is 0 Å². The summed E-state index contributed by atoms with van der Waals surface area (Å²) in [6.45, 7) is 2.43. The molecular weight excluding hydrogens is 182 g/mol. The minimum Gasteiger partial charge on any atom is -0.481 e. The number of nitrogens with zero attached hydrogens (tertiary/aromatic N) is 2. The van der Waals surface area contributed by atoms with Crippen molar-refractivity contribution in [3.63, 3.8) is 0 Å². The lowest BCUT2D eigenvalue weighted by atomic mass is 10.1. The third kappa shape index (κ3) is 3.84. The van der Waals surface area contributed by atoms with Crippen LogP contribution in [0.4, 0.5) is 5.95 Å². The number of hydrogen-bond donors (Lipinski definition) is 2. The highest BCUT2D eigenvalue weighted by Crippen LogP contribution is 2.03. The number of aromatic nitrogens is 2. The van der Waals surface area contributed by atoms with Crippen molar-refractivity contribution in [2.24, 2.45) is 5.92 Å². The zero-order chi connectivity index (χ0) is 10.4. The first-order valence-corrected chi connectivity index (χ1v) is 4.41. The molecule has 0 saturated carbocycles. The fourth-order valence-corrected chi connectivity index (χ4v) is 1.03. The Kier molecular flexibility index (Phi) is 3.84. The molecule has 1 aromatic rings. The Hall–Kier alpha value is -1.65. The van der Waals surface area contributed by atoms with Gasteiger partial charge >= 0.3 is 5.97 Å². The predicted molar refractivity (Wildman–Crippen MR) is 51.9 cm³/mol. The fraction of sp³-hybridized carbons (Fsp3) is 0.444. The maximum atomic E-state index is 10.4. The molecule has 1 rings (SSSR count). The summed E-state index contributed by atoms with van der Waals surface area (Å²) in [5, 5.41) is 11.5. The van der Waals surface area contributed by atoms with Crippen molar-refractivity contribution in [3.8, 4) is 0 Å². The van der Waals surface area contributed by atoms with Crippen molar-refractivity contribution in [1.29, 1.82) is 0 Å². The summed E-state index contributed by atoms with van der Waals surface area (Å²) < 4.78 is 0. The van der Waals surface area contributed by atoms with E-state index in [0.717, 1.165) is 0 Å². The average Bonchev–Trinajstić information content (AvgIpc) is 2.15. The van der Waals surface area contributed by atoms with Gasteiger partial charge in [0.1, 0.15) is 0 Å². The van der Waals surface area contributed by atoms with Gasteiger partial charge in [-0.25, -0.2) is 9.97 Å². The summed E-state index contributed by atoms with van der Waals surface area (Å²) in [6.07, 6.45) is 3.42. The molecule has 14 heavy (non-hydrogen) atoms. The summed E-state index contributed by atoms with van der Waals surface area (Å²) in [5.74, 6) is -0.186. The highest BCUT2D eigenvalue weighted by atomic mass is 16.4. The van der Waals surface area contributed by atoms with Crippen molar-refractivity contribution in [3.05, 3.63) is 18.5 Å². The molecule has 0 aromatic carbocycles. The third-order valence-electron chi connectivity index (χ3n) is 1.70. The second kappa shape index (κ2) is 5.16. The number of nitrogens with one attached hydrogen (secondary N) is 1. The van der Waals surface area contributed by atoms with Gasteiger partial charge in [0, 0.05) is 25.4 Å². The lowest BCUT2D eigenvalue weighted by molar-refractivity contribution is -0.137. The van der Waals surface area contributed by atoms with E-state index in [1.54, 1.807) is 18.5 Å². The normalized spacial score (nSPS) is 12.1. The van der Waals surface area contributed by atoms with Crippen LogP contribution < -0.4 is 5.32 Å². The van der Waals surface area contributed by atoms with Crippen LogP contribution in [0.15, 0.2) is 18.5 Å². The minimum atomic E-state index is -0.784. The number of carbonyl (C=O) groups is 1. The molecular formula is C9H13N3O2. The van der Waals surface area contributed by atoms with Crippen LogP contribution in [-0.2, 0) is 4.79 Å².